The molecule has 2 aliphatic rings. The Kier molecular flexibility index (Phi) is 3.76. The van der Waals surface area contributed by atoms with Crippen LogP contribution in [0.25, 0.3) is 22.0 Å². The van der Waals surface area contributed by atoms with E-state index in [1.807, 2.05) is 29.4 Å². The Morgan fingerprint density at radius 3 is 2.85 bits per heavy atom. The number of aromatic amines is 1. The van der Waals surface area contributed by atoms with Gasteiger partial charge < -0.3 is 9.47 Å². The minimum Gasteiger partial charge on any atom is -0.341 e. The van der Waals surface area contributed by atoms with Crippen molar-refractivity contribution in [2.45, 2.75) is 38.3 Å². The monoisotopic (exact) mass is 388 g/mol. The van der Waals surface area contributed by atoms with Crippen LogP contribution in [-0.2, 0) is 17.8 Å². The fourth-order valence-electron chi connectivity index (χ4n) is 4.52. The van der Waals surface area contributed by atoms with Gasteiger partial charge in [0.2, 0.25) is 5.91 Å². The molecule has 26 heavy (non-hydrogen) atoms. The van der Waals surface area contributed by atoms with Crippen LogP contribution in [0.5, 0.6) is 0 Å². The largest absolute Gasteiger partial charge is 0.341 e. The Morgan fingerprint density at radius 1 is 1.23 bits per heavy atom. The minimum atomic E-state index is 0.223. The standard InChI is InChI=1S/C19H18Cl2N4O/c20-14-5-4-13-17(11-8-22-23-9-11)15-6-3-12(24-7-1-2-16(24)26)10-25(15)19(13)18(14)21/h4-5,8-9,12H,1-3,6-7,10H2,(H,22,23)/t12-/m1/s1. The van der Waals surface area contributed by atoms with E-state index in [4.69, 9.17) is 23.2 Å². The summed E-state index contributed by atoms with van der Waals surface area (Å²) in [4.78, 5) is 14.3. The summed E-state index contributed by atoms with van der Waals surface area (Å²) in [6, 6.07) is 4.11. The van der Waals surface area contributed by atoms with Gasteiger partial charge in [0.1, 0.15) is 0 Å². The van der Waals surface area contributed by atoms with Crippen LogP contribution >= 0.6 is 23.2 Å². The molecule has 0 spiro atoms. The van der Waals surface area contributed by atoms with Crippen LogP contribution in [-0.4, -0.2) is 38.2 Å². The maximum Gasteiger partial charge on any atom is 0.222 e. The first kappa shape index (κ1) is 16.2. The van der Waals surface area contributed by atoms with Crippen LogP contribution in [0.15, 0.2) is 24.5 Å². The van der Waals surface area contributed by atoms with Gasteiger partial charge in [0.25, 0.3) is 0 Å². The van der Waals surface area contributed by atoms with Crippen molar-refractivity contribution < 1.29 is 4.79 Å². The highest BCUT2D eigenvalue weighted by Gasteiger charge is 2.33. The zero-order valence-electron chi connectivity index (χ0n) is 14.1. The Morgan fingerprint density at radius 2 is 2.12 bits per heavy atom. The van der Waals surface area contributed by atoms with E-state index in [1.54, 1.807) is 0 Å². The van der Waals surface area contributed by atoms with Crippen LogP contribution in [0.2, 0.25) is 10.0 Å². The molecule has 2 aromatic heterocycles. The summed E-state index contributed by atoms with van der Waals surface area (Å²) >= 11 is 12.9. The molecule has 134 valence electrons. The van der Waals surface area contributed by atoms with Crippen molar-refractivity contribution >= 4 is 40.0 Å². The molecule has 3 aromatic rings. The molecule has 0 bridgehead atoms. The van der Waals surface area contributed by atoms with E-state index in [9.17, 15) is 4.79 Å². The number of nitrogens with one attached hydrogen (secondary N) is 1. The summed E-state index contributed by atoms with van der Waals surface area (Å²) in [7, 11) is 0. The van der Waals surface area contributed by atoms with E-state index in [-0.39, 0.29) is 11.9 Å². The van der Waals surface area contributed by atoms with Gasteiger partial charge in [-0.05, 0) is 25.3 Å². The highest BCUT2D eigenvalue weighted by Crippen LogP contribution is 2.43. The van der Waals surface area contributed by atoms with Gasteiger partial charge in [0.05, 0.1) is 21.8 Å². The minimum absolute atomic E-state index is 0.223. The normalized spacial score (nSPS) is 20.2. The molecule has 1 N–H and O–H groups in total. The third kappa shape index (κ3) is 2.30. The van der Waals surface area contributed by atoms with Crippen molar-refractivity contribution in [1.29, 1.82) is 0 Å². The van der Waals surface area contributed by atoms with E-state index in [0.29, 0.717) is 16.5 Å². The summed E-state index contributed by atoms with van der Waals surface area (Å²) in [5.41, 5.74) is 4.42. The number of halogens is 2. The first-order valence-corrected chi connectivity index (χ1v) is 9.68. The molecule has 4 heterocycles. The summed E-state index contributed by atoms with van der Waals surface area (Å²) in [6.07, 6.45) is 7.25. The van der Waals surface area contributed by atoms with Gasteiger partial charge in [-0.1, -0.05) is 29.3 Å². The van der Waals surface area contributed by atoms with Gasteiger partial charge in [-0.2, -0.15) is 5.10 Å². The first-order chi connectivity index (χ1) is 12.6. The number of likely N-dealkylation sites (tertiary alicyclic amines) is 1. The molecular weight excluding hydrogens is 371 g/mol. The van der Waals surface area contributed by atoms with Crippen molar-refractivity contribution in [2.24, 2.45) is 0 Å². The second-order valence-electron chi connectivity index (χ2n) is 7.06. The zero-order chi connectivity index (χ0) is 17.8. The summed E-state index contributed by atoms with van der Waals surface area (Å²) in [5.74, 6) is 0.272. The van der Waals surface area contributed by atoms with Gasteiger partial charge in [-0.15, -0.1) is 0 Å². The SMILES string of the molecule is O=C1CCCN1[C@@H]1CCc2c(-c3cn[nH]c3)c3ccc(Cl)c(Cl)c3n2C1. The van der Waals surface area contributed by atoms with E-state index < -0.39 is 0 Å². The average Bonchev–Trinajstić information content (AvgIpc) is 3.35. The van der Waals surface area contributed by atoms with Crippen LogP contribution in [0.1, 0.15) is 25.0 Å². The van der Waals surface area contributed by atoms with Crippen LogP contribution < -0.4 is 0 Å². The van der Waals surface area contributed by atoms with E-state index >= 15 is 0 Å². The Hall–Kier alpha value is -1.98. The van der Waals surface area contributed by atoms with E-state index in [0.717, 1.165) is 48.8 Å². The maximum absolute atomic E-state index is 12.2. The number of aromatic nitrogens is 3. The number of nitrogens with zero attached hydrogens (tertiary/aromatic N) is 3. The molecule has 1 saturated heterocycles. The number of fused-ring (bicyclic) bond motifs is 3. The molecule has 1 atom stereocenters. The Labute approximate surface area is 160 Å². The Bertz CT molecular complexity index is 1010. The lowest BCUT2D eigenvalue weighted by atomic mass is 9.98. The lowest BCUT2D eigenvalue weighted by Gasteiger charge is -2.33. The molecule has 7 heteroatoms. The second-order valence-corrected chi connectivity index (χ2v) is 7.85. The van der Waals surface area contributed by atoms with Gasteiger partial charge in [-0.3, -0.25) is 9.89 Å². The topological polar surface area (TPSA) is 53.9 Å². The number of benzene rings is 1. The average molecular weight is 389 g/mol. The smallest absolute Gasteiger partial charge is 0.222 e. The molecule has 0 aliphatic carbocycles. The number of rotatable bonds is 2. The van der Waals surface area contributed by atoms with Gasteiger partial charge in [0.15, 0.2) is 0 Å². The number of amides is 1. The second kappa shape index (κ2) is 6.03. The first-order valence-electron chi connectivity index (χ1n) is 8.93. The molecule has 1 fully saturated rings. The van der Waals surface area contributed by atoms with Crippen molar-refractivity contribution in [3.63, 3.8) is 0 Å². The number of hydrogen-bond donors (Lipinski definition) is 1. The van der Waals surface area contributed by atoms with E-state index in [2.05, 4.69) is 14.8 Å². The molecular formula is C19H18Cl2N4O. The molecule has 0 saturated carbocycles. The predicted molar refractivity (Wildman–Crippen MR) is 103 cm³/mol. The van der Waals surface area contributed by atoms with Crippen molar-refractivity contribution in [3.05, 3.63) is 40.3 Å². The predicted octanol–water partition coefficient (Wildman–Crippen LogP) is 4.28. The highest BCUT2D eigenvalue weighted by molar-refractivity contribution is 6.45. The van der Waals surface area contributed by atoms with Crippen LogP contribution in [0.3, 0.4) is 0 Å². The molecule has 0 unspecified atom stereocenters. The lowest BCUT2D eigenvalue weighted by molar-refractivity contribution is -0.130. The molecule has 1 aromatic carbocycles. The maximum atomic E-state index is 12.2. The molecule has 5 rings (SSSR count). The number of carbonyl (C=O) groups is 1. The van der Waals surface area contributed by atoms with Gasteiger partial charge >= 0.3 is 0 Å². The third-order valence-corrected chi connectivity index (χ3v) is 6.46. The summed E-state index contributed by atoms with van der Waals surface area (Å²) in [6.45, 7) is 1.62. The zero-order valence-corrected chi connectivity index (χ0v) is 15.6. The third-order valence-electron chi connectivity index (χ3n) is 5.67. The quantitative estimate of drug-likeness (QED) is 0.712. The number of carbonyl (C=O) groups excluding carboxylic acids is 1. The molecule has 5 nitrogen and oxygen atoms in total. The van der Waals surface area contributed by atoms with Crippen LogP contribution in [0.4, 0.5) is 0 Å². The lowest BCUT2D eigenvalue weighted by Crippen LogP contribution is -2.42. The molecule has 0 radical (unpaired) electrons. The number of hydrogen-bond acceptors (Lipinski definition) is 2. The highest BCUT2D eigenvalue weighted by atomic mass is 35.5. The summed E-state index contributed by atoms with van der Waals surface area (Å²) < 4.78 is 2.27. The van der Waals surface area contributed by atoms with Crippen molar-refractivity contribution in [3.8, 4) is 11.1 Å². The number of H-pyrrole nitrogens is 1. The fraction of sp³-hybridized carbons (Fsp3) is 0.368. The van der Waals surface area contributed by atoms with Gasteiger partial charge in [-0.25, -0.2) is 0 Å². The van der Waals surface area contributed by atoms with Gasteiger partial charge in [0, 0.05) is 54.0 Å². The molecule has 1 amide bonds. The van der Waals surface area contributed by atoms with Crippen molar-refractivity contribution in [2.75, 3.05) is 6.54 Å². The van der Waals surface area contributed by atoms with Crippen molar-refractivity contribution in [1.82, 2.24) is 19.7 Å². The van der Waals surface area contributed by atoms with E-state index in [1.165, 1.54) is 11.3 Å². The summed E-state index contributed by atoms with van der Waals surface area (Å²) in [5, 5.41) is 9.24. The Balaban J connectivity index is 1.70. The van der Waals surface area contributed by atoms with Crippen LogP contribution in [0, 0.1) is 0 Å². The fourth-order valence-corrected chi connectivity index (χ4v) is 4.94. The molecule has 2 aliphatic heterocycles.